The van der Waals surface area contributed by atoms with Crippen molar-refractivity contribution < 1.29 is 0 Å². The molecular formula is C6H2Br2ClI. The average molecular weight is 396 g/mol. The first kappa shape index (κ1) is 9.29. The van der Waals surface area contributed by atoms with Gasteiger partial charge in [0.25, 0.3) is 0 Å². The Balaban J connectivity index is 3.28. The first-order valence-corrected chi connectivity index (χ1v) is 5.45. The molecule has 4 heteroatoms. The number of halogens is 4. The lowest BCUT2D eigenvalue weighted by Crippen LogP contribution is -1.75. The van der Waals surface area contributed by atoms with Gasteiger partial charge in [0.15, 0.2) is 0 Å². The summed E-state index contributed by atoms with van der Waals surface area (Å²) >= 11 is 14.7. The minimum atomic E-state index is 0.743. The zero-order valence-electron chi connectivity index (χ0n) is 4.67. The van der Waals surface area contributed by atoms with Gasteiger partial charge < -0.3 is 0 Å². The molecule has 0 bridgehead atoms. The third kappa shape index (κ3) is 2.09. The summed E-state index contributed by atoms with van der Waals surface area (Å²) in [5.74, 6) is 0. The van der Waals surface area contributed by atoms with E-state index in [1.165, 1.54) is 0 Å². The van der Waals surface area contributed by atoms with Crippen molar-refractivity contribution in [2.45, 2.75) is 0 Å². The Bertz CT molecular complexity index is 212. The molecule has 0 aliphatic carbocycles. The number of rotatable bonds is 0. The van der Waals surface area contributed by atoms with Crippen LogP contribution in [0.25, 0.3) is 0 Å². The van der Waals surface area contributed by atoms with E-state index in [1.54, 1.807) is 0 Å². The van der Waals surface area contributed by atoms with E-state index in [0.717, 1.165) is 17.5 Å². The molecule has 54 valence electrons. The first-order valence-electron chi connectivity index (χ1n) is 2.41. The molecule has 1 aromatic rings. The van der Waals surface area contributed by atoms with Gasteiger partial charge in [0.2, 0.25) is 0 Å². The monoisotopic (exact) mass is 394 g/mol. The van der Waals surface area contributed by atoms with Gasteiger partial charge >= 0.3 is 0 Å². The van der Waals surface area contributed by atoms with Gasteiger partial charge in [0, 0.05) is 12.5 Å². The van der Waals surface area contributed by atoms with Crippen LogP contribution in [0, 0.1) is 3.57 Å². The number of hydrogen-bond acceptors (Lipinski definition) is 0. The molecule has 0 saturated heterocycles. The maximum absolute atomic E-state index is 5.81. The smallest absolute Gasteiger partial charge is 0.0559 e. The van der Waals surface area contributed by atoms with Gasteiger partial charge in [-0.25, -0.2) is 0 Å². The predicted molar refractivity (Wildman–Crippen MR) is 59.6 cm³/mol. The molecule has 0 aliphatic rings. The molecule has 0 atom stereocenters. The van der Waals surface area contributed by atoms with Crippen LogP contribution in [0.5, 0.6) is 0 Å². The molecule has 0 N–H and O–H groups in total. The summed E-state index contributed by atoms with van der Waals surface area (Å²) in [6.45, 7) is 0. The fraction of sp³-hybridized carbons (Fsp3) is 0. The molecule has 0 aromatic heterocycles. The van der Waals surface area contributed by atoms with Gasteiger partial charge in [-0.05, 0) is 66.6 Å². The molecule has 1 aromatic carbocycles. The fourth-order valence-corrected chi connectivity index (χ4v) is 2.31. The predicted octanol–water partition coefficient (Wildman–Crippen LogP) is 4.47. The summed E-state index contributed by atoms with van der Waals surface area (Å²) in [4.78, 5) is 0. The van der Waals surface area contributed by atoms with E-state index in [0.29, 0.717) is 0 Å². The molecule has 0 nitrogen and oxygen atoms in total. The van der Waals surface area contributed by atoms with E-state index in [2.05, 4.69) is 54.5 Å². The molecule has 10 heavy (non-hydrogen) atoms. The molecular weight excluding hydrogens is 394 g/mol. The lowest BCUT2D eigenvalue weighted by molar-refractivity contribution is 1.55. The van der Waals surface area contributed by atoms with Crippen LogP contribution in [0.3, 0.4) is 0 Å². The Morgan fingerprint density at radius 2 is 1.80 bits per heavy atom. The average Bonchev–Trinajstić information content (AvgIpc) is 1.84. The Kier molecular flexibility index (Phi) is 3.47. The Morgan fingerprint density at radius 1 is 1.20 bits per heavy atom. The van der Waals surface area contributed by atoms with Crippen LogP contribution in [0.2, 0.25) is 5.02 Å². The normalized spacial score (nSPS) is 10.0. The third-order valence-electron chi connectivity index (χ3n) is 0.963. The summed E-state index contributed by atoms with van der Waals surface area (Å²) in [5.41, 5.74) is 0. The fourth-order valence-electron chi connectivity index (χ4n) is 0.498. The quantitative estimate of drug-likeness (QED) is 0.449. The van der Waals surface area contributed by atoms with Crippen LogP contribution >= 0.6 is 66.1 Å². The molecule has 0 heterocycles. The van der Waals surface area contributed by atoms with E-state index in [4.69, 9.17) is 11.6 Å². The lowest BCUT2D eigenvalue weighted by atomic mass is 10.4. The summed E-state index contributed by atoms with van der Waals surface area (Å²) in [6.07, 6.45) is 0. The Morgan fingerprint density at radius 3 is 2.30 bits per heavy atom. The van der Waals surface area contributed by atoms with Crippen LogP contribution in [-0.4, -0.2) is 0 Å². The molecule has 0 unspecified atom stereocenters. The van der Waals surface area contributed by atoms with E-state index in [1.807, 2.05) is 12.1 Å². The Hall–Kier alpha value is 1.20. The van der Waals surface area contributed by atoms with Crippen LogP contribution < -0.4 is 0 Å². The van der Waals surface area contributed by atoms with Crippen molar-refractivity contribution in [3.8, 4) is 0 Å². The summed E-state index contributed by atoms with van der Waals surface area (Å²) in [7, 11) is 0. The molecule has 0 spiro atoms. The van der Waals surface area contributed by atoms with Crippen LogP contribution in [0.1, 0.15) is 0 Å². The van der Waals surface area contributed by atoms with Gasteiger partial charge in [-0.3, -0.25) is 0 Å². The second kappa shape index (κ2) is 3.74. The second-order valence-corrected chi connectivity index (χ2v) is 4.96. The largest absolute Gasteiger partial charge is 0.0831 e. The maximum Gasteiger partial charge on any atom is 0.0559 e. The van der Waals surface area contributed by atoms with Crippen LogP contribution in [0.4, 0.5) is 0 Å². The van der Waals surface area contributed by atoms with E-state index >= 15 is 0 Å². The highest BCUT2D eigenvalue weighted by atomic mass is 127. The van der Waals surface area contributed by atoms with Gasteiger partial charge in [-0.15, -0.1) is 0 Å². The zero-order valence-corrected chi connectivity index (χ0v) is 10.8. The van der Waals surface area contributed by atoms with Crippen molar-refractivity contribution in [2.24, 2.45) is 0 Å². The molecule has 0 saturated carbocycles. The first-order chi connectivity index (χ1) is 4.61. The van der Waals surface area contributed by atoms with Crippen molar-refractivity contribution >= 4 is 66.1 Å². The minimum absolute atomic E-state index is 0.743. The SMILES string of the molecule is Clc1cc(I)c(Br)cc1Br. The van der Waals surface area contributed by atoms with Crippen LogP contribution in [0.15, 0.2) is 21.1 Å². The van der Waals surface area contributed by atoms with Crippen molar-refractivity contribution in [2.75, 3.05) is 0 Å². The van der Waals surface area contributed by atoms with Gasteiger partial charge in [-0.2, -0.15) is 0 Å². The van der Waals surface area contributed by atoms with Crippen molar-refractivity contribution in [1.29, 1.82) is 0 Å². The molecule has 0 radical (unpaired) electrons. The van der Waals surface area contributed by atoms with Crippen molar-refractivity contribution in [3.63, 3.8) is 0 Å². The number of hydrogen-bond donors (Lipinski definition) is 0. The highest BCUT2D eigenvalue weighted by molar-refractivity contribution is 14.1. The standard InChI is InChI=1S/C6H2Br2ClI/c7-3-1-4(8)6(10)2-5(3)9/h1-2H. The minimum Gasteiger partial charge on any atom is -0.0831 e. The second-order valence-electron chi connectivity index (χ2n) is 1.68. The number of benzene rings is 1. The van der Waals surface area contributed by atoms with Gasteiger partial charge in [0.1, 0.15) is 0 Å². The maximum atomic E-state index is 5.81. The zero-order chi connectivity index (χ0) is 7.72. The Labute approximate surface area is 94.7 Å². The van der Waals surface area contributed by atoms with Crippen LogP contribution in [-0.2, 0) is 0 Å². The van der Waals surface area contributed by atoms with E-state index in [9.17, 15) is 0 Å². The molecule has 1 rings (SSSR count). The highest BCUT2D eigenvalue weighted by Crippen LogP contribution is 2.29. The van der Waals surface area contributed by atoms with Crippen molar-refractivity contribution in [3.05, 3.63) is 29.7 Å². The molecule has 0 amide bonds. The third-order valence-corrected chi connectivity index (χ3v) is 4.45. The highest BCUT2D eigenvalue weighted by Gasteiger charge is 2.00. The van der Waals surface area contributed by atoms with E-state index < -0.39 is 0 Å². The topological polar surface area (TPSA) is 0 Å². The van der Waals surface area contributed by atoms with Crippen molar-refractivity contribution in [1.82, 2.24) is 0 Å². The van der Waals surface area contributed by atoms with E-state index in [-0.39, 0.29) is 0 Å². The summed E-state index contributed by atoms with van der Waals surface area (Å²) < 4.78 is 3.09. The molecule has 0 fully saturated rings. The van der Waals surface area contributed by atoms with Gasteiger partial charge in [-0.1, -0.05) is 11.6 Å². The summed E-state index contributed by atoms with van der Waals surface area (Å²) in [5, 5.41) is 0.743. The lowest BCUT2D eigenvalue weighted by Gasteiger charge is -1.98. The summed E-state index contributed by atoms with van der Waals surface area (Å²) in [6, 6.07) is 3.83. The molecule has 0 aliphatic heterocycles. The van der Waals surface area contributed by atoms with Gasteiger partial charge in [0.05, 0.1) is 5.02 Å².